The maximum atomic E-state index is 11.8. The average molecular weight is 473 g/mol. The number of aromatic hydroxyl groups is 1. The number of hydrogen-bond acceptors (Lipinski definition) is 10. The van der Waals surface area contributed by atoms with E-state index in [2.05, 4.69) is 25.6 Å². The number of unbranched alkanes of at least 4 members (excludes halogenated alkanes) is 1. The second-order valence-electron chi connectivity index (χ2n) is 7.99. The largest absolute Gasteiger partial charge is 0.508 e. The van der Waals surface area contributed by atoms with Gasteiger partial charge in [-0.05, 0) is 24.1 Å². The van der Waals surface area contributed by atoms with Crippen molar-refractivity contribution < 1.29 is 29.6 Å². The second-order valence-corrected chi connectivity index (χ2v) is 7.99. The van der Waals surface area contributed by atoms with E-state index in [4.69, 9.17) is 9.47 Å². The number of anilines is 1. The van der Waals surface area contributed by atoms with E-state index in [1.54, 1.807) is 24.3 Å². The number of carbonyl (C=O) groups is 1. The predicted molar refractivity (Wildman–Crippen MR) is 121 cm³/mol. The number of phenols is 1. The van der Waals surface area contributed by atoms with E-state index in [0.717, 1.165) is 18.4 Å². The SMILES string of the molecule is CCCCNC(=O)OC[C@H]1O[C@@H](n2cnc3c(NCc4ccc(O)cc4)ncnc32)[C@@H](O)C1O. The number of aliphatic hydroxyl groups is 2. The van der Waals surface area contributed by atoms with Crippen LogP contribution in [0.1, 0.15) is 31.6 Å². The van der Waals surface area contributed by atoms with Crippen molar-refractivity contribution in [3.8, 4) is 5.75 Å². The Morgan fingerprint density at radius 1 is 1.18 bits per heavy atom. The van der Waals surface area contributed by atoms with E-state index in [-0.39, 0.29) is 12.4 Å². The summed E-state index contributed by atoms with van der Waals surface area (Å²) in [6.07, 6.45) is -0.454. The van der Waals surface area contributed by atoms with E-state index in [9.17, 15) is 20.1 Å². The van der Waals surface area contributed by atoms with Crippen molar-refractivity contribution in [2.75, 3.05) is 18.5 Å². The number of ether oxygens (including phenoxy) is 2. The first-order chi connectivity index (χ1) is 16.5. The number of hydrogen-bond donors (Lipinski definition) is 5. The Morgan fingerprint density at radius 3 is 2.74 bits per heavy atom. The molecule has 1 saturated heterocycles. The number of aromatic nitrogens is 4. The van der Waals surface area contributed by atoms with Gasteiger partial charge in [-0.25, -0.2) is 19.7 Å². The van der Waals surface area contributed by atoms with Gasteiger partial charge in [0.05, 0.1) is 6.33 Å². The molecule has 12 nitrogen and oxygen atoms in total. The van der Waals surface area contributed by atoms with Crippen molar-refractivity contribution in [1.82, 2.24) is 24.8 Å². The first-order valence-corrected chi connectivity index (χ1v) is 11.1. The van der Waals surface area contributed by atoms with Crippen LogP contribution in [0, 0.1) is 0 Å². The Morgan fingerprint density at radius 2 is 1.97 bits per heavy atom. The number of phenolic OH excluding ortho intramolecular Hbond substituents is 1. The molecule has 1 fully saturated rings. The van der Waals surface area contributed by atoms with Crippen molar-refractivity contribution in [3.63, 3.8) is 0 Å². The lowest BCUT2D eigenvalue weighted by Crippen LogP contribution is -2.36. The molecule has 3 heterocycles. The smallest absolute Gasteiger partial charge is 0.407 e. The Balaban J connectivity index is 1.43. The number of rotatable bonds is 9. The molecule has 1 aliphatic rings. The minimum Gasteiger partial charge on any atom is -0.508 e. The molecule has 34 heavy (non-hydrogen) atoms. The van der Waals surface area contributed by atoms with Crippen molar-refractivity contribution >= 4 is 23.1 Å². The van der Waals surface area contributed by atoms with Gasteiger partial charge in [-0.3, -0.25) is 4.57 Å². The molecule has 1 aromatic carbocycles. The second kappa shape index (κ2) is 10.6. The van der Waals surface area contributed by atoms with Crippen LogP contribution in [0.25, 0.3) is 11.2 Å². The zero-order chi connectivity index (χ0) is 24.1. The normalized spacial score (nSPS) is 22.1. The lowest BCUT2D eigenvalue weighted by molar-refractivity contribution is -0.0533. The van der Waals surface area contributed by atoms with E-state index in [0.29, 0.717) is 30.1 Å². The maximum absolute atomic E-state index is 11.8. The van der Waals surface area contributed by atoms with Crippen LogP contribution in [0.3, 0.4) is 0 Å². The molecule has 5 N–H and O–H groups in total. The number of aliphatic hydroxyl groups excluding tert-OH is 2. The highest BCUT2D eigenvalue weighted by atomic mass is 16.6. The van der Waals surface area contributed by atoms with E-state index in [1.165, 1.54) is 17.2 Å². The minimum absolute atomic E-state index is 0.185. The summed E-state index contributed by atoms with van der Waals surface area (Å²) in [5.74, 6) is 0.665. The summed E-state index contributed by atoms with van der Waals surface area (Å²) in [6, 6.07) is 6.77. The Labute approximate surface area is 195 Å². The van der Waals surface area contributed by atoms with Gasteiger partial charge in [-0.15, -0.1) is 0 Å². The number of amides is 1. The van der Waals surface area contributed by atoms with Gasteiger partial charge in [0, 0.05) is 13.1 Å². The van der Waals surface area contributed by atoms with Crippen LogP contribution in [0.4, 0.5) is 10.6 Å². The summed E-state index contributed by atoms with van der Waals surface area (Å²) < 4.78 is 12.4. The molecule has 3 aromatic rings. The van der Waals surface area contributed by atoms with Gasteiger partial charge in [0.25, 0.3) is 0 Å². The fourth-order valence-electron chi connectivity index (χ4n) is 3.64. The number of nitrogens with one attached hydrogen (secondary N) is 2. The summed E-state index contributed by atoms with van der Waals surface area (Å²) in [6.45, 7) is 2.74. The van der Waals surface area contributed by atoms with Gasteiger partial charge >= 0.3 is 6.09 Å². The van der Waals surface area contributed by atoms with E-state index in [1.807, 2.05) is 6.92 Å². The van der Waals surface area contributed by atoms with Crippen LogP contribution >= 0.6 is 0 Å². The summed E-state index contributed by atoms with van der Waals surface area (Å²) in [5, 5.41) is 36.2. The molecular weight excluding hydrogens is 444 g/mol. The molecule has 0 aliphatic carbocycles. The van der Waals surface area contributed by atoms with Crippen molar-refractivity contribution in [1.29, 1.82) is 0 Å². The Bertz CT molecular complexity index is 1110. The number of alkyl carbamates (subject to hydrolysis) is 1. The molecule has 4 atom stereocenters. The first kappa shape index (κ1) is 23.7. The van der Waals surface area contributed by atoms with Gasteiger partial charge < -0.3 is 35.4 Å². The molecular formula is C22H28N6O6. The molecule has 2 aromatic heterocycles. The van der Waals surface area contributed by atoms with Crippen molar-refractivity contribution in [2.45, 2.75) is 50.8 Å². The highest BCUT2D eigenvalue weighted by Crippen LogP contribution is 2.32. The fourth-order valence-corrected chi connectivity index (χ4v) is 3.64. The maximum Gasteiger partial charge on any atom is 0.407 e. The zero-order valence-corrected chi connectivity index (χ0v) is 18.7. The van der Waals surface area contributed by atoms with Gasteiger partial charge in [-0.2, -0.15) is 0 Å². The molecule has 1 aliphatic heterocycles. The quantitative estimate of drug-likeness (QED) is 0.287. The number of imidazole rings is 1. The van der Waals surface area contributed by atoms with Gasteiger partial charge in [0.1, 0.15) is 37.0 Å². The fraction of sp³-hybridized carbons (Fsp3) is 0.455. The molecule has 0 spiro atoms. The molecule has 4 rings (SSSR count). The topological polar surface area (TPSA) is 164 Å². The summed E-state index contributed by atoms with van der Waals surface area (Å²) in [4.78, 5) is 24.6. The van der Waals surface area contributed by atoms with E-state index >= 15 is 0 Å². The molecule has 0 bridgehead atoms. The average Bonchev–Trinajstić information content (AvgIpc) is 3.39. The predicted octanol–water partition coefficient (Wildman–Crippen LogP) is 1.29. The van der Waals surface area contributed by atoms with E-state index < -0.39 is 30.6 Å². The molecule has 12 heteroatoms. The number of carbonyl (C=O) groups excluding carboxylic acids is 1. The summed E-state index contributed by atoms with van der Waals surface area (Å²) in [7, 11) is 0. The monoisotopic (exact) mass is 472 g/mol. The Hall–Kier alpha value is -3.48. The number of fused-ring (bicyclic) bond motifs is 1. The molecule has 1 amide bonds. The molecule has 182 valence electrons. The highest BCUT2D eigenvalue weighted by Gasteiger charge is 2.45. The van der Waals surface area contributed by atoms with Gasteiger partial charge in [-0.1, -0.05) is 25.5 Å². The van der Waals surface area contributed by atoms with Crippen LogP contribution in [0.5, 0.6) is 5.75 Å². The summed E-state index contributed by atoms with van der Waals surface area (Å²) in [5.41, 5.74) is 1.79. The lowest BCUT2D eigenvalue weighted by atomic mass is 10.1. The zero-order valence-electron chi connectivity index (χ0n) is 18.7. The first-order valence-electron chi connectivity index (χ1n) is 11.1. The standard InChI is InChI=1S/C22H28N6O6/c1-2-3-8-23-22(32)33-10-15-17(30)18(31)21(34-15)28-12-27-16-19(25-11-26-20(16)28)24-9-13-4-6-14(29)7-5-13/h4-7,11-12,15,17-18,21,29-31H,2-3,8-10H2,1H3,(H,23,32)(H,24,25,26)/t15-,17?,18+,21-/m1/s1. The van der Waals surface area contributed by atoms with Crippen molar-refractivity contribution in [3.05, 3.63) is 42.5 Å². The Kier molecular flexibility index (Phi) is 7.40. The molecule has 0 radical (unpaired) electrons. The molecule has 0 saturated carbocycles. The number of nitrogens with zero attached hydrogens (tertiary/aromatic N) is 4. The minimum atomic E-state index is -1.28. The van der Waals surface area contributed by atoms with Crippen LogP contribution in [0.2, 0.25) is 0 Å². The van der Waals surface area contributed by atoms with Crippen LogP contribution in [0.15, 0.2) is 36.9 Å². The number of benzene rings is 1. The van der Waals surface area contributed by atoms with Crippen LogP contribution < -0.4 is 10.6 Å². The third kappa shape index (κ3) is 5.19. The van der Waals surface area contributed by atoms with Gasteiger partial charge in [0.2, 0.25) is 0 Å². The summed E-state index contributed by atoms with van der Waals surface area (Å²) >= 11 is 0. The van der Waals surface area contributed by atoms with Crippen LogP contribution in [-0.4, -0.2) is 72.4 Å². The highest BCUT2D eigenvalue weighted by molar-refractivity contribution is 5.82. The lowest BCUT2D eigenvalue weighted by Gasteiger charge is -2.16. The third-order valence-corrected chi connectivity index (χ3v) is 5.54. The van der Waals surface area contributed by atoms with Crippen molar-refractivity contribution in [2.24, 2.45) is 0 Å². The van der Waals surface area contributed by atoms with Gasteiger partial charge in [0.15, 0.2) is 23.2 Å². The van der Waals surface area contributed by atoms with Crippen LogP contribution in [-0.2, 0) is 16.0 Å². The molecule has 1 unspecified atom stereocenters. The third-order valence-electron chi connectivity index (χ3n) is 5.54.